The van der Waals surface area contributed by atoms with Gasteiger partial charge in [0.1, 0.15) is 18.0 Å². The Hall–Kier alpha value is -1.85. The Morgan fingerprint density at radius 3 is 2.55 bits per heavy atom. The minimum Gasteiger partial charge on any atom is -0.366 e. The molecule has 0 unspecified atom stereocenters. The van der Waals surface area contributed by atoms with E-state index in [9.17, 15) is 0 Å². The highest BCUT2D eigenvalue weighted by molar-refractivity contribution is 6.30. The van der Waals surface area contributed by atoms with Crippen LogP contribution in [-0.2, 0) is 6.54 Å². The van der Waals surface area contributed by atoms with Gasteiger partial charge in [-0.05, 0) is 24.7 Å². The fourth-order valence-corrected chi connectivity index (χ4v) is 2.57. The highest BCUT2D eigenvalue weighted by atomic mass is 35.5. The summed E-state index contributed by atoms with van der Waals surface area (Å²) in [4.78, 5) is 13.3. The third kappa shape index (κ3) is 3.87. The van der Waals surface area contributed by atoms with Crippen molar-refractivity contribution in [2.75, 3.05) is 43.4 Å². The number of likely N-dealkylation sites (N-methyl/N-ethyl adjacent to an activating group) is 1. The van der Waals surface area contributed by atoms with Gasteiger partial charge in [0.2, 0.25) is 0 Å². The summed E-state index contributed by atoms with van der Waals surface area (Å²) in [5.74, 6) is 1.83. The van der Waals surface area contributed by atoms with Crippen LogP contribution in [0.3, 0.4) is 0 Å². The zero-order chi connectivity index (χ0) is 15.4. The summed E-state index contributed by atoms with van der Waals surface area (Å²) >= 11 is 5.90. The molecule has 1 aliphatic heterocycles. The zero-order valence-corrected chi connectivity index (χ0v) is 13.4. The van der Waals surface area contributed by atoms with E-state index in [0.717, 1.165) is 49.4 Å². The summed E-state index contributed by atoms with van der Waals surface area (Å²) in [5.41, 5.74) is 1.17. The highest BCUT2D eigenvalue weighted by Crippen LogP contribution is 2.17. The van der Waals surface area contributed by atoms with Crippen LogP contribution in [0.4, 0.5) is 11.6 Å². The van der Waals surface area contributed by atoms with E-state index in [1.54, 1.807) is 6.33 Å². The summed E-state index contributed by atoms with van der Waals surface area (Å²) in [6, 6.07) is 9.83. The second kappa shape index (κ2) is 6.94. The molecule has 1 aromatic carbocycles. The number of benzene rings is 1. The first kappa shape index (κ1) is 15.1. The van der Waals surface area contributed by atoms with Crippen LogP contribution in [0.1, 0.15) is 5.56 Å². The summed E-state index contributed by atoms with van der Waals surface area (Å²) in [6.07, 6.45) is 1.62. The van der Waals surface area contributed by atoms with Crippen LogP contribution in [0.5, 0.6) is 0 Å². The Balaban J connectivity index is 1.62. The second-order valence-corrected chi connectivity index (χ2v) is 5.97. The van der Waals surface area contributed by atoms with Crippen LogP contribution in [-0.4, -0.2) is 48.1 Å². The number of anilines is 2. The standard InChI is InChI=1S/C16H20ClN5/c1-21-6-8-22(9-7-21)16-10-15(19-12-20-16)18-11-13-2-4-14(17)5-3-13/h2-5,10,12H,6-9,11H2,1H3,(H,18,19,20). The maximum Gasteiger partial charge on any atom is 0.134 e. The van der Waals surface area contributed by atoms with Gasteiger partial charge in [-0.25, -0.2) is 9.97 Å². The first-order valence-corrected chi connectivity index (χ1v) is 7.82. The molecule has 1 aliphatic rings. The molecule has 5 nitrogen and oxygen atoms in total. The van der Waals surface area contributed by atoms with Crippen LogP contribution in [0.15, 0.2) is 36.7 Å². The van der Waals surface area contributed by atoms with E-state index >= 15 is 0 Å². The number of nitrogens with zero attached hydrogens (tertiary/aromatic N) is 4. The maximum atomic E-state index is 5.90. The van der Waals surface area contributed by atoms with E-state index in [4.69, 9.17) is 11.6 Å². The van der Waals surface area contributed by atoms with E-state index in [2.05, 4.69) is 32.1 Å². The highest BCUT2D eigenvalue weighted by Gasteiger charge is 2.15. The smallest absolute Gasteiger partial charge is 0.134 e. The molecule has 22 heavy (non-hydrogen) atoms. The fraction of sp³-hybridized carbons (Fsp3) is 0.375. The molecule has 1 fully saturated rings. The van der Waals surface area contributed by atoms with E-state index < -0.39 is 0 Å². The van der Waals surface area contributed by atoms with Crippen LogP contribution in [0.25, 0.3) is 0 Å². The molecule has 3 rings (SSSR count). The van der Waals surface area contributed by atoms with Crippen LogP contribution in [0.2, 0.25) is 5.02 Å². The Morgan fingerprint density at radius 2 is 1.82 bits per heavy atom. The Bertz CT molecular complexity index is 608. The lowest BCUT2D eigenvalue weighted by Gasteiger charge is -2.33. The number of aromatic nitrogens is 2. The number of nitrogens with one attached hydrogen (secondary N) is 1. The molecule has 116 valence electrons. The fourth-order valence-electron chi connectivity index (χ4n) is 2.45. The number of hydrogen-bond acceptors (Lipinski definition) is 5. The number of rotatable bonds is 4. The monoisotopic (exact) mass is 317 g/mol. The molecule has 0 radical (unpaired) electrons. The van der Waals surface area contributed by atoms with Gasteiger partial charge in [-0.15, -0.1) is 0 Å². The van der Waals surface area contributed by atoms with Gasteiger partial charge in [-0.3, -0.25) is 0 Å². The average molecular weight is 318 g/mol. The van der Waals surface area contributed by atoms with Crippen molar-refractivity contribution in [2.24, 2.45) is 0 Å². The molecule has 6 heteroatoms. The molecule has 0 saturated carbocycles. The molecule has 1 N–H and O–H groups in total. The Morgan fingerprint density at radius 1 is 1.09 bits per heavy atom. The Kier molecular flexibility index (Phi) is 4.75. The van der Waals surface area contributed by atoms with Gasteiger partial charge < -0.3 is 15.1 Å². The lowest BCUT2D eigenvalue weighted by Crippen LogP contribution is -2.44. The van der Waals surface area contributed by atoms with Crippen LogP contribution < -0.4 is 10.2 Å². The summed E-state index contributed by atoms with van der Waals surface area (Å²) in [6.45, 7) is 4.86. The first-order chi connectivity index (χ1) is 10.7. The predicted molar refractivity (Wildman–Crippen MR) is 90.5 cm³/mol. The van der Waals surface area contributed by atoms with E-state index in [0.29, 0.717) is 0 Å². The van der Waals surface area contributed by atoms with E-state index in [-0.39, 0.29) is 0 Å². The third-order valence-electron chi connectivity index (χ3n) is 3.87. The molecule has 0 amide bonds. The molecule has 2 heterocycles. The van der Waals surface area contributed by atoms with Gasteiger partial charge in [0.25, 0.3) is 0 Å². The predicted octanol–water partition coefficient (Wildman–Crippen LogP) is 2.49. The minimum absolute atomic E-state index is 0.719. The van der Waals surface area contributed by atoms with Crippen molar-refractivity contribution >= 4 is 23.2 Å². The molecule has 0 bridgehead atoms. The van der Waals surface area contributed by atoms with Gasteiger partial charge in [0.05, 0.1) is 0 Å². The van der Waals surface area contributed by atoms with Crippen LogP contribution >= 0.6 is 11.6 Å². The molecular formula is C16H20ClN5. The van der Waals surface area contributed by atoms with Crippen LogP contribution in [0, 0.1) is 0 Å². The van der Waals surface area contributed by atoms with Crippen molar-refractivity contribution in [3.8, 4) is 0 Å². The van der Waals surface area contributed by atoms with Crippen molar-refractivity contribution in [2.45, 2.75) is 6.54 Å². The lowest BCUT2D eigenvalue weighted by atomic mass is 10.2. The zero-order valence-electron chi connectivity index (χ0n) is 12.7. The normalized spacial score (nSPS) is 15.8. The average Bonchev–Trinajstić information content (AvgIpc) is 2.55. The minimum atomic E-state index is 0.719. The molecule has 0 spiro atoms. The van der Waals surface area contributed by atoms with Crippen molar-refractivity contribution < 1.29 is 0 Å². The molecule has 0 aliphatic carbocycles. The van der Waals surface area contributed by atoms with Gasteiger partial charge >= 0.3 is 0 Å². The summed E-state index contributed by atoms with van der Waals surface area (Å²) < 4.78 is 0. The molecule has 0 atom stereocenters. The maximum absolute atomic E-state index is 5.90. The van der Waals surface area contributed by atoms with E-state index in [1.165, 1.54) is 5.56 Å². The van der Waals surface area contributed by atoms with Crippen molar-refractivity contribution in [1.29, 1.82) is 0 Å². The number of piperazine rings is 1. The quantitative estimate of drug-likeness (QED) is 0.938. The Labute approximate surface area is 135 Å². The van der Waals surface area contributed by atoms with Gasteiger partial charge in [0, 0.05) is 43.8 Å². The first-order valence-electron chi connectivity index (χ1n) is 7.44. The van der Waals surface area contributed by atoms with Gasteiger partial charge in [0.15, 0.2) is 0 Å². The largest absolute Gasteiger partial charge is 0.366 e. The van der Waals surface area contributed by atoms with Gasteiger partial charge in [-0.1, -0.05) is 23.7 Å². The third-order valence-corrected chi connectivity index (χ3v) is 4.12. The van der Waals surface area contributed by atoms with Crippen molar-refractivity contribution in [3.05, 3.63) is 47.2 Å². The molecule has 1 aromatic heterocycles. The molecular weight excluding hydrogens is 298 g/mol. The summed E-state index contributed by atoms with van der Waals surface area (Å²) in [5, 5.41) is 4.09. The lowest BCUT2D eigenvalue weighted by molar-refractivity contribution is 0.312. The van der Waals surface area contributed by atoms with Gasteiger partial charge in [-0.2, -0.15) is 0 Å². The topological polar surface area (TPSA) is 44.3 Å². The SMILES string of the molecule is CN1CCN(c2cc(NCc3ccc(Cl)cc3)ncn2)CC1. The summed E-state index contributed by atoms with van der Waals surface area (Å²) in [7, 11) is 2.15. The second-order valence-electron chi connectivity index (χ2n) is 5.53. The molecule has 1 saturated heterocycles. The van der Waals surface area contributed by atoms with Crippen molar-refractivity contribution in [3.63, 3.8) is 0 Å². The number of hydrogen-bond donors (Lipinski definition) is 1. The molecule has 2 aromatic rings. The van der Waals surface area contributed by atoms with Crippen molar-refractivity contribution in [1.82, 2.24) is 14.9 Å². The number of halogens is 1. The van der Waals surface area contributed by atoms with E-state index in [1.807, 2.05) is 30.3 Å².